The van der Waals surface area contributed by atoms with E-state index in [1.807, 2.05) is 18.2 Å². The molecular formula is C43H64N2O5. The number of aliphatic carboxylic acids is 1. The first-order valence-corrected chi connectivity index (χ1v) is 19.5. The van der Waals surface area contributed by atoms with E-state index < -0.39 is 17.4 Å². The van der Waals surface area contributed by atoms with E-state index in [1.165, 1.54) is 12.0 Å². The molecule has 5 unspecified atom stereocenters. The highest BCUT2D eigenvalue weighted by atomic mass is 16.5. The molecule has 5 fully saturated rings. The van der Waals surface area contributed by atoms with Crippen LogP contribution in [0.3, 0.4) is 0 Å². The van der Waals surface area contributed by atoms with Gasteiger partial charge in [0.2, 0.25) is 5.91 Å². The Morgan fingerprint density at radius 1 is 0.960 bits per heavy atom. The van der Waals surface area contributed by atoms with Crippen molar-refractivity contribution < 1.29 is 24.2 Å². The molecule has 1 heterocycles. The molecule has 5 aliphatic rings. The van der Waals surface area contributed by atoms with Crippen molar-refractivity contribution in [2.75, 3.05) is 0 Å². The molecule has 0 aliphatic heterocycles. The maximum atomic E-state index is 14.6. The van der Waals surface area contributed by atoms with Gasteiger partial charge >= 0.3 is 11.9 Å². The Bertz CT molecular complexity index is 1520. The summed E-state index contributed by atoms with van der Waals surface area (Å²) < 4.78 is 6.17. The Morgan fingerprint density at radius 2 is 1.68 bits per heavy atom. The fraction of sp³-hybridized carbons (Fsp3) is 0.767. The van der Waals surface area contributed by atoms with Gasteiger partial charge in [-0.15, -0.1) is 0 Å². The molecule has 7 nitrogen and oxygen atoms in total. The Hall–Kier alpha value is -2.70. The number of carboxylic acid groups (broad SMARTS) is 1. The van der Waals surface area contributed by atoms with Crippen LogP contribution in [0.15, 0.2) is 36.5 Å². The smallest absolute Gasteiger partial charge is 0.309 e. The van der Waals surface area contributed by atoms with E-state index in [4.69, 9.17) is 4.74 Å². The third-order valence-electron chi connectivity index (χ3n) is 16.4. The molecule has 1 aromatic heterocycles. The first kappa shape index (κ1) is 37.1. The van der Waals surface area contributed by atoms with Crippen molar-refractivity contribution in [2.45, 2.75) is 145 Å². The van der Waals surface area contributed by atoms with Gasteiger partial charge in [-0.05, 0) is 150 Å². The van der Waals surface area contributed by atoms with Crippen molar-refractivity contribution in [3.63, 3.8) is 0 Å². The average Bonchev–Trinajstić information content (AvgIpc) is 3.44. The van der Waals surface area contributed by atoms with Gasteiger partial charge < -0.3 is 15.2 Å². The van der Waals surface area contributed by atoms with Gasteiger partial charge in [0.25, 0.3) is 0 Å². The number of carbonyl (C=O) groups is 3. The maximum absolute atomic E-state index is 14.6. The van der Waals surface area contributed by atoms with Gasteiger partial charge in [-0.25, -0.2) is 0 Å². The molecule has 0 bridgehead atoms. The van der Waals surface area contributed by atoms with Gasteiger partial charge in [0, 0.05) is 11.6 Å². The molecule has 7 heteroatoms. The number of nitrogens with zero attached hydrogens (tertiary/aromatic N) is 1. The fourth-order valence-corrected chi connectivity index (χ4v) is 13.4. The van der Waals surface area contributed by atoms with Crippen LogP contribution in [0.4, 0.5) is 0 Å². The van der Waals surface area contributed by atoms with E-state index in [1.54, 1.807) is 20.0 Å². The van der Waals surface area contributed by atoms with E-state index in [2.05, 4.69) is 65.3 Å². The molecule has 0 spiro atoms. The highest BCUT2D eigenvalue weighted by Gasteiger charge is 2.72. The number of rotatable bonds is 8. The van der Waals surface area contributed by atoms with Crippen LogP contribution in [0.1, 0.15) is 145 Å². The number of esters is 1. The molecule has 1 aromatic rings. The molecule has 276 valence electrons. The lowest BCUT2D eigenvalue weighted by molar-refractivity contribution is -0.249. The van der Waals surface area contributed by atoms with Crippen molar-refractivity contribution in [1.29, 1.82) is 0 Å². The Labute approximate surface area is 301 Å². The summed E-state index contributed by atoms with van der Waals surface area (Å²) in [6.45, 7) is 24.3. The van der Waals surface area contributed by atoms with E-state index in [0.29, 0.717) is 29.6 Å². The number of ether oxygens (including phenoxy) is 1. The number of carboxylic acids is 1. The predicted octanol–water partition coefficient (Wildman–Crippen LogP) is 9.33. The first-order chi connectivity index (χ1) is 23.2. The topological polar surface area (TPSA) is 106 Å². The number of allylic oxidation sites excluding steroid dienone is 1. The van der Waals surface area contributed by atoms with Crippen LogP contribution in [0, 0.1) is 62.1 Å². The van der Waals surface area contributed by atoms with Gasteiger partial charge in [0.15, 0.2) is 0 Å². The van der Waals surface area contributed by atoms with E-state index in [0.717, 1.165) is 63.5 Å². The number of hydrogen-bond acceptors (Lipinski definition) is 5. The minimum atomic E-state index is -1.15. The predicted molar refractivity (Wildman–Crippen MR) is 196 cm³/mol. The lowest BCUT2D eigenvalue weighted by Gasteiger charge is -2.72. The highest BCUT2D eigenvalue weighted by molar-refractivity contribution is 5.84. The molecule has 5 aliphatic carbocycles. The van der Waals surface area contributed by atoms with E-state index in [9.17, 15) is 19.5 Å². The first-order valence-electron chi connectivity index (χ1n) is 19.5. The van der Waals surface area contributed by atoms with Crippen LogP contribution in [0.5, 0.6) is 0 Å². The molecule has 6 rings (SSSR count). The summed E-state index contributed by atoms with van der Waals surface area (Å²) in [5.41, 5.74) is 0.756. The second-order valence-electron chi connectivity index (χ2n) is 19.5. The monoisotopic (exact) mass is 688 g/mol. The molecule has 50 heavy (non-hydrogen) atoms. The molecular weight excluding hydrogens is 624 g/mol. The second-order valence-corrected chi connectivity index (χ2v) is 19.5. The summed E-state index contributed by atoms with van der Waals surface area (Å²) in [4.78, 5) is 43.9. The van der Waals surface area contributed by atoms with Crippen LogP contribution < -0.4 is 5.32 Å². The van der Waals surface area contributed by atoms with Crippen LogP contribution in [-0.4, -0.2) is 34.0 Å². The third kappa shape index (κ3) is 5.49. The standard InChI is InChI=1S/C43H64N2O5/c1-26(2)28-16-21-43(36(47)45-27(3)30-13-11-12-24-44-30)23-22-41(9)29(35(28)43)14-15-32-40(8)19-18-33(50-34(46)25-38(4,5)37(48)49)39(6,7)31(40)17-20-42(32,41)10/h11-13,24,27-29,31-33,35H,1,14-23,25H2,2-10H3,(H,45,47)(H,48,49)/t27-,28-,29?,31?,32?,33?,35?,40-,41+,42+,43-/m0/s1. The zero-order valence-corrected chi connectivity index (χ0v) is 32.4. The molecule has 2 N–H and O–H groups in total. The number of nitrogens with one attached hydrogen (secondary N) is 1. The number of hydrogen-bond donors (Lipinski definition) is 2. The van der Waals surface area contributed by atoms with Crippen molar-refractivity contribution >= 4 is 17.8 Å². The summed E-state index contributed by atoms with van der Waals surface area (Å²) >= 11 is 0. The van der Waals surface area contributed by atoms with E-state index in [-0.39, 0.29) is 51.5 Å². The van der Waals surface area contributed by atoms with Crippen LogP contribution >= 0.6 is 0 Å². The van der Waals surface area contributed by atoms with Gasteiger partial charge in [-0.3, -0.25) is 19.4 Å². The zero-order valence-electron chi connectivity index (χ0n) is 32.4. The van der Waals surface area contributed by atoms with Gasteiger partial charge in [-0.2, -0.15) is 0 Å². The van der Waals surface area contributed by atoms with Crippen molar-refractivity contribution in [3.8, 4) is 0 Å². The summed E-state index contributed by atoms with van der Waals surface area (Å²) in [7, 11) is 0. The van der Waals surface area contributed by atoms with Gasteiger partial charge in [0.05, 0.1) is 29.0 Å². The largest absolute Gasteiger partial charge is 0.481 e. The average molecular weight is 689 g/mol. The normalized spacial score (nSPS) is 41.0. The number of aromatic nitrogens is 1. The minimum absolute atomic E-state index is 0.110. The summed E-state index contributed by atoms with van der Waals surface area (Å²) in [5, 5.41) is 13.1. The molecule has 0 saturated heterocycles. The zero-order chi connectivity index (χ0) is 36.7. The Balaban J connectivity index is 1.26. The van der Waals surface area contributed by atoms with Crippen molar-refractivity contribution in [2.24, 2.45) is 62.1 Å². The van der Waals surface area contributed by atoms with Crippen molar-refractivity contribution in [3.05, 3.63) is 42.2 Å². The number of fused-ring (bicyclic) bond motifs is 7. The second kappa shape index (κ2) is 12.5. The molecule has 5 saturated carbocycles. The summed E-state index contributed by atoms with van der Waals surface area (Å²) in [5.74, 6) is 0.900. The number of carbonyl (C=O) groups excluding carboxylic acids is 2. The highest BCUT2D eigenvalue weighted by Crippen LogP contribution is 2.77. The minimum Gasteiger partial charge on any atom is -0.481 e. The fourth-order valence-electron chi connectivity index (χ4n) is 13.4. The SMILES string of the molecule is C=C(C)[C@@H]1CC[C@]2(C(=O)N[C@@H](C)c3ccccn3)CC[C@]3(C)C(CCC4[C@@]5(C)CCC(OC(=O)CC(C)(C)C(=O)O)C(C)(C)C5CC[C@]43C)C12. The van der Waals surface area contributed by atoms with Gasteiger partial charge in [-0.1, -0.05) is 52.8 Å². The van der Waals surface area contributed by atoms with E-state index >= 15 is 0 Å². The quantitative estimate of drug-likeness (QED) is 0.208. The third-order valence-corrected chi connectivity index (χ3v) is 16.4. The number of amides is 1. The summed E-state index contributed by atoms with van der Waals surface area (Å²) in [6, 6.07) is 5.77. The summed E-state index contributed by atoms with van der Waals surface area (Å²) in [6.07, 6.45) is 11.8. The van der Waals surface area contributed by atoms with Gasteiger partial charge in [0.1, 0.15) is 6.10 Å². The lowest BCUT2D eigenvalue weighted by atomic mass is 9.32. The maximum Gasteiger partial charge on any atom is 0.309 e. The number of pyridine rings is 1. The molecule has 1 amide bonds. The Morgan fingerprint density at radius 3 is 2.32 bits per heavy atom. The van der Waals surface area contributed by atoms with Crippen molar-refractivity contribution in [1.82, 2.24) is 10.3 Å². The van der Waals surface area contributed by atoms with Crippen LogP contribution in [0.2, 0.25) is 0 Å². The molecule has 0 aromatic carbocycles. The molecule has 0 radical (unpaired) electrons. The lowest BCUT2D eigenvalue weighted by Crippen LogP contribution is -2.67. The molecule has 11 atom stereocenters. The van der Waals surface area contributed by atoms with Crippen LogP contribution in [-0.2, 0) is 19.1 Å². The Kier molecular flexibility index (Phi) is 9.24. The van der Waals surface area contributed by atoms with Crippen LogP contribution in [0.25, 0.3) is 0 Å².